The van der Waals surface area contributed by atoms with E-state index in [1.807, 2.05) is 18.7 Å². The van der Waals surface area contributed by atoms with Gasteiger partial charge in [-0.1, -0.05) is 13.8 Å². The van der Waals surface area contributed by atoms with Crippen molar-refractivity contribution in [3.05, 3.63) is 16.9 Å². The van der Waals surface area contributed by atoms with Crippen LogP contribution in [-0.4, -0.2) is 109 Å². The lowest BCUT2D eigenvalue weighted by molar-refractivity contribution is -0.160. The molecule has 0 saturated carbocycles. The number of hydrogen-bond acceptors (Lipinski definition) is 10. The maximum atomic E-state index is 13.3. The number of carboxylic acid groups (broad SMARTS) is 1. The predicted octanol–water partition coefficient (Wildman–Crippen LogP) is -0.427. The number of carboxylic acids is 1. The van der Waals surface area contributed by atoms with Gasteiger partial charge in [-0.3, -0.25) is 14.4 Å². The number of carbonyl (C=O) groups is 4. The maximum absolute atomic E-state index is 13.3. The molecule has 3 N–H and O–H groups in total. The molecule has 4 fully saturated rings. The summed E-state index contributed by atoms with van der Waals surface area (Å²) in [5.41, 5.74) is 0.0570. The third-order valence-electron chi connectivity index (χ3n) is 9.38. The lowest BCUT2D eigenvalue weighted by Gasteiger charge is -2.47. The number of likely N-dealkylation sites (tertiary alicyclic amines) is 1. The van der Waals surface area contributed by atoms with Crippen LogP contribution in [0.25, 0.3) is 0 Å². The molecule has 4 saturated heterocycles. The molecular weight excluding hydrogens is 536 g/mol. The summed E-state index contributed by atoms with van der Waals surface area (Å²) in [6, 6.07) is -0.559. The van der Waals surface area contributed by atoms with Crippen molar-refractivity contribution in [2.24, 2.45) is 29.6 Å². The average molecular weight is 573 g/mol. The largest absolute Gasteiger partial charge is 0.477 e. The van der Waals surface area contributed by atoms with E-state index in [1.54, 1.807) is 0 Å². The third-order valence-corrected chi connectivity index (χ3v) is 10.9. The maximum Gasteiger partial charge on any atom is 0.353 e. The van der Waals surface area contributed by atoms with E-state index >= 15 is 0 Å². The Labute approximate surface area is 236 Å². The first kappa shape index (κ1) is 27.3. The van der Waals surface area contributed by atoms with E-state index in [-0.39, 0.29) is 65.4 Å². The highest BCUT2D eigenvalue weighted by atomic mass is 32.2. The number of rotatable bonds is 9. The fourth-order valence-electron chi connectivity index (χ4n) is 7.37. The number of nitrogens with zero attached hydrogens (tertiary/aromatic N) is 6. The van der Waals surface area contributed by atoms with E-state index in [9.17, 15) is 24.3 Å². The standard InChI is InChI=1S/C26H36N8O5S/c1-13(5-17(35)11-33-12-29-30-31-33)20-21-14(2)23(22(26(38)39)34(21)25(20)37)40-18-6-19(28-9-18)24(36)32-4-3-15-7-27-8-16(15)10-32/h12-16,18-21,27-28H,3-11H2,1-2H3,(H,38,39)/t13-,14+,15?,16?,18?,19-,20+,21+/m0/s1. The number of tetrazole rings is 1. The Bertz CT molecular complexity index is 1220. The Kier molecular flexibility index (Phi) is 7.42. The summed E-state index contributed by atoms with van der Waals surface area (Å²) in [5, 5.41) is 27.7. The van der Waals surface area contributed by atoms with E-state index in [0.717, 1.165) is 32.6 Å². The minimum absolute atomic E-state index is 0.0338. The molecule has 1 aromatic heterocycles. The predicted molar refractivity (Wildman–Crippen MR) is 143 cm³/mol. The molecule has 40 heavy (non-hydrogen) atoms. The summed E-state index contributed by atoms with van der Waals surface area (Å²) < 4.78 is 1.35. The second-order valence-corrected chi connectivity index (χ2v) is 13.3. The number of ketones is 1. The van der Waals surface area contributed by atoms with Gasteiger partial charge in [0.05, 0.1) is 18.0 Å². The second kappa shape index (κ2) is 10.9. The fraction of sp³-hybridized carbons (Fsp3) is 0.731. The van der Waals surface area contributed by atoms with Crippen LogP contribution in [0, 0.1) is 29.6 Å². The van der Waals surface area contributed by atoms with Crippen molar-refractivity contribution in [3.63, 3.8) is 0 Å². The van der Waals surface area contributed by atoms with Crippen molar-refractivity contribution >= 4 is 35.3 Å². The normalized spacial score (nSPS) is 34.0. The van der Waals surface area contributed by atoms with Gasteiger partial charge in [-0.2, -0.15) is 0 Å². The number of hydrogen-bond donors (Lipinski definition) is 3. The van der Waals surface area contributed by atoms with Crippen LogP contribution in [0.4, 0.5) is 0 Å². The molecule has 3 unspecified atom stereocenters. The molecule has 8 atom stereocenters. The van der Waals surface area contributed by atoms with Gasteiger partial charge in [0.15, 0.2) is 5.78 Å². The quantitative estimate of drug-likeness (QED) is 0.329. The van der Waals surface area contributed by atoms with Crippen molar-refractivity contribution < 1.29 is 24.3 Å². The Morgan fingerprint density at radius 1 is 1.23 bits per heavy atom. The number of amides is 2. The van der Waals surface area contributed by atoms with Gasteiger partial charge in [-0.05, 0) is 54.1 Å². The van der Waals surface area contributed by atoms with Gasteiger partial charge in [0.25, 0.3) is 0 Å². The number of Topliss-reactive ketones (excluding diaryl/α,β-unsaturated/α-hetero) is 1. The highest BCUT2D eigenvalue weighted by Crippen LogP contribution is 2.53. The smallest absolute Gasteiger partial charge is 0.353 e. The summed E-state index contributed by atoms with van der Waals surface area (Å²) >= 11 is 1.49. The summed E-state index contributed by atoms with van der Waals surface area (Å²) in [6.07, 6.45) is 3.21. The second-order valence-electron chi connectivity index (χ2n) is 11.9. The lowest BCUT2D eigenvalue weighted by atomic mass is 9.73. The molecule has 13 nitrogen and oxygen atoms in total. The number of β-lactam (4-membered cyclic amide) rings is 1. The van der Waals surface area contributed by atoms with Gasteiger partial charge in [0, 0.05) is 42.1 Å². The molecule has 6 heterocycles. The molecule has 0 spiro atoms. The summed E-state index contributed by atoms with van der Waals surface area (Å²) in [7, 11) is 0. The zero-order chi connectivity index (χ0) is 28.1. The molecular formula is C26H36N8O5S. The van der Waals surface area contributed by atoms with Gasteiger partial charge in [-0.25, -0.2) is 9.48 Å². The molecule has 0 aromatic carbocycles. The Morgan fingerprint density at radius 3 is 2.77 bits per heavy atom. The Hall–Kier alpha value is -2.84. The minimum atomic E-state index is -1.11. The Balaban J connectivity index is 1.08. The van der Waals surface area contributed by atoms with Crippen molar-refractivity contribution in [1.29, 1.82) is 0 Å². The number of thioether (sulfide) groups is 1. The zero-order valence-corrected chi connectivity index (χ0v) is 23.5. The van der Waals surface area contributed by atoms with Crippen LogP contribution in [0.3, 0.4) is 0 Å². The van der Waals surface area contributed by atoms with Crippen molar-refractivity contribution in [2.45, 2.75) is 57.0 Å². The molecule has 216 valence electrons. The van der Waals surface area contributed by atoms with Crippen LogP contribution >= 0.6 is 11.8 Å². The van der Waals surface area contributed by atoms with Crippen LogP contribution in [0.1, 0.15) is 33.1 Å². The first-order valence-electron chi connectivity index (χ1n) is 14.2. The van der Waals surface area contributed by atoms with E-state index in [4.69, 9.17) is 0 Å². The molecule has 2 amide bonds. The number of carbonyl (C=O) groups excluding carboxylic acids is 3. The van der Waals surface area contributed by atoms with Crippen LogP contribution < -0.4 is 10.6 Å². The minimum Gasteiger partial charge on any atom is -0.477 e. The summed E-state index contributed by atoms with van der Waals surface area (Å²) in [6.45, 7) is 8.09. The number of fused-ring (bicyclic) bond motifs is 2. The SMILES string of the molecule is C[C@@H](CC(=O)Cn1cnnn1)[C@H]1C(=O)N2C(C(=O)O)=C(SC3CN[C@H](C(=O)N4CCC5CNCC5C4)C3)[C@H](C)[C@H]12. The molecule has 14 heteroatoms. The Morgan fingerprint density at radius 2 is 2.02 bits per heavy atom. The monoisotopic (exact) mass is 572 g/mol. The molecule has 1 aromatic rings. The number of piperidine rings is 1. The van der Waals surface area contributed by atoms with Crippen LogP contribution in [0.5, 0.6) is 0 Å². The van der Waals surface area contributed by atoms with E-state index in [2.05, 4.69) is 26.2 Å². The first-order valence-corrected chi connectivity index (χ1v) is 15.0. The van der Waals surface area contributed by atoms with Gasteiger partial charge < -0.3 is 25.5 Å². The van der Waals surface area contributed by atoms with Crippen LogP contribution in [-0.2, 0) is 25.7 Å². The van der Waals surface area contributed by atoms with Crippen molar-refractivity contribution in [2.75, 3.05) is 32.7 Å². The highest BCUT2D eigenvalue weighted by molar-refractivity contribution is 8.03. The summed E-state index contributed by atoms with van der Waals surface area (Å²) in [5.74, 6) is -0.944. The number of nitrogens with one attached hydrogen (secondary N) is 2. The lowest BCUT2D eigenvalue weighted by Crippen LogP contribution is -2.62. The topological polar surface area (TPSA) is 163 Å². The first-order chi connectivity index (χ1) is 19.2. The molecule has 0 aliphatic carbocycles. The van der Waals surface area contributed by atoms with Crippen molar-refractivity contribution in [1.82, 2.24) is 40.6 Å². The van der Waals surface area contributed by atoms with E-state index < -0.39 is 11.9 Å². The molecule has 5 aliphatic heterocycles. The van der Waals surface area contributed by atoms with Gasteiger partial charge in [-0.15, -0.1) is 16.9 Å². The van der Waals surface area contributed by atoms with Gasteiger partial charge in [0.2, 0.25) is 11.8 Å². The van der Waals surface area contributed by atoms with E-state index in [1.165, 1.54) is 27.7 Å². The number of aliphatic carboxylic acids is 1. The highest BCUT2D eigenvalue weighted by Gasteiger charge is 2.60. The average Bonchev–Trinajstić information content (AvgIpc) is 3.71. The number of aromatic nitrogens is 4. The fourth-order valence-corrected chi connectivity index (χ4v) is 8.85. The van der Waals surface area contributed by atoms with Crippen LogP contribution in [0.2, 0.25) is 0 Å². The van der Waals surface area contributed by atoms with Gasteiger partial charge >= 0.3 is 5.97 Å². The van der Waals surface area contributed by atoms with Gasteiger partial charge in [0.1, 0.15) is 18.6 Å². The zero-order valence-electron chi connectivity index (χ0n) is 22.7. The molecule has 0 radical (unpaired) electrons. The van der Waals surface area contributed by atoms with E-state index in [0.29, 0.717) is 29.7 Å². The van der Waals surface area contributed by atoms with Crippen molar-refractivity contribution in [3.8, 4) is 0 Å². The molecule has 5 aliphatic rings. The third kappa shape index (κ3) is 4.83. The van der Waals surface area contributed by atoms with Crippen LogP contribution in [0.15, 0.2) is 16.9 Å². The summed E-state index contributed by atoms with van der Waals surface area (Å²) in [4.78, 5) is 55.6. The molecule has 0 bridgehead atoms. The molecule has 6 rings (SSSR count).